The number of aliphatic hydroxyl groups excluding tert-OH is 2. The zero-order valence-corrected chi connectivity index (χ0v) is 7.29. The van der Waals surface area contributed by atoms with Gasteiger partial charge in [-0.1, -0.05) is 34.4 Å². The Balaban J connectivity index is 3.61. The van der Waals surface area contributed by atoms with Crippen LogP contribution < -0.4 is 0 Å². The Morgan fingerprint density at radius 2 is 2.11 bits per heavy atom. The topological polar surface area (TPSA) is 40.5 Å². The molecule has 2 atom stereocenters. The van der Waals surface area contributed by atoms with Crippen LogP contribution >= 0.6 is 22.6 Å². The summed E-state index contributed by atoms with van der Waals surface area (Å²) in [7, 11) is 0. The van der Waals surface area contributed by atoms with Crippen molar-refractivity contribution >= 4 is 22.6 Å². The van der Waals surface area contributed by atoms with Gasteiger partial charge in [-0.2, -0.15) is 0 Å². The molecule has 9 heavy (non-hydrogen) atoms. The maximum atomic E-state index is 8.83. The number of hydrogen-bond donors (Lipinski definition) is 2. The van der Waals surface area contributed by atoms with Crippen molar-refractivity contribution in [2.45, 2.75) is 19.1 Å². The van der Waals surface area contributed by atoms with Crippen molar-refractivity contribution in [3.05, 3.63) is 0 Å². The minimum Gasteiger partial charge on any atom is -0.390 e. The molecule has 0 saturated carbocycles. The van der Waals surface area contributed by atoms with E-state index >= 15 is 0 Å². The van der Waals surface area contributed by atoms with Crippen LogP contribution in [0.3, 0.4) is 0 Å². The van der Waals surface area contributed by atoms with E-state index in [4.69, 9.17) is 10.2 Å². The van der Waals surface area contributed by atoms with Crippen molar-refractivity contribution < 1.29 is 10.2 Å². The predicted octanol–water partition coefficient (Wildman–Crippen LogP) is 0.167. The van der Waals surface area contributed by atoms with Gasteiger partial charge in [-0.25, -0.2) is 0 Å². The highest BCUT2D eigenvalue weighted by molar-refractivity contribution is 14.1. The monoisotopic (exact) mass is 240 g/mol. The SMILES string of the molecule is CC(O)C(O)C#CCI. The molecule has 3 heteroatoms. The van der Waals surface area contributed by atoms with Gasteiger partial charge in [0, 0.05) is 0 Å². The molecule has 2 unspecified atom stereocenters. The van der Waals surface area contributed by atoms with Crippen LogP contribution in [0.4, 0.5) is 0 Å². The molecule has 2 nitrogen and oxygen atoms in total. The molecule has 0 aromatic heterocycles. The highest BCUT2D eigenvalue weighted by Crippen LogP contribution is 1.88. The molecular weight excluding hydrogens is 231 g/mol. The lowest BCUT2D eigenvalue weighted by Crippen LogP contribution is -2.19. The van der Waals surface area contributed by atoms with Crippen molar-refractivity contribution in [1.82, 2.24) is 0 Å². The van der Waals surface area contributed by atoms with Gasteiger partial charge in [0.05, 0.1) is 10.5 Å². The van der Waals surface area contributed by atoms with Crippen LogP contribution in [-0.4, -0.2) is 26.8 Å². The predicted molar refractivity (Wildman–Crippen MR) is 44.4 cm³/mol. The van der Waals surface area contributed by atoms with Gasteiger partial charge in [0.15, 0.2) is 0 Å². The van der Waals surface area contributed by atoms with Gasteiger partial charge in [-0.15, -0.1) is 0 Å². The van der Waals surface area contributed by atoms with Crippen LogP contribution in [0.2, 0.25) is 0 Å². The largest absolute Gasteiger partial charge is 0.390 e. The molecule has 0 aromatic rings. The number of rotatable bonds is 1. The maximum Gasteiger partial charge on any atom is 0.140 e. The Kier molecular flexibility index (Phi) is 5.15. The third-order valence-electron chi connectivity index (χ3n) is 0.774. The normalized spacial score (nSPS) is 15.6. The molecule has 0 aliphatic carbocycles. The molecule has 2 N–H and O–H groups in total. The Morgan fingerprint density at radius 3 is 2.44 bits per heavy atom. The molecule has 0 spiro atoms. The van der Waals surface area contributed by atoms with E-state index in [0.29, 0.717) is 4.43 Å². The average molecular weight is 240 g/mol. The van der Waals surface area contributed by atoms with Crippen LogP contribution in [0.1, 0.15) is 6.92 Å². The standard InChI is InChI=1S/C6H9IO2/c1-5(8)6(9)3-2-4-7/h5-6,8-9H,4H2,1H3. The summed E-state index contributed by atoms with van der Waals surface area (Å²) < 4.78 is 0.682. The molecule has 52 valence electrons. The van der Waals surface area contributed by atoms with Crippen LogP contribution in [0.25, 0.3) is 0 Å². The highest BCUT2D eigenvalue weighted by Gasteiger charge is 2.04. The van der Waals surface area contributed by atoms with Crippen molar-refractivity contribution in [1.29, 1.82) is 0 Å². The summed E-state index contributed by atoms with van der Waals surface area (Å²) in [6.45, 7) is 1.51. The first-order chi connectivity index (χ1) is 4.18. The summed E-state index contributed by atoms with van der Waals surface area (Å²) in [5.41, 5.74) is 0. The lowest BCUT2D eigenvalue weighted by Gasteiger charge is -2.03. The van der Waals surface area contributed by atoms with E-state index < -0.39 is 12.2 Å². The molecule has 0 aliphatic rings. The second kappa shape index (κ2) is 5.03. The van der Waals surface area contributed by atoms with E-state index in [2.05, 4.69) is 34.4 Å². The molecule has 0 heterocycles. The molecule has 0 aromatic carbocycles. The highest BCUT2D eigenvalue weighted by atomic mass is 127. The lowest BCUT2D eigenvalue weighted by atomic mass is 10.2. The van der Waals surface area contributed by atoms with E-state index in [1.54, 1.807) is 0 Å². The van der Waals surface area contributed by atoms with Gasteiger partial charge >= 0.3 is 0 Å². The summed E-state index contributed by atoms with van der Waals surface area (Å²) in [6.07, 6.45) is -1.64. The van der Waals surface area contributed by atoms with Crippen LogP contribution in [0.5, 0.6) is 0 Å². The van der Waals surface area contributed by atoms with Crippen LogP contribution in [0.15, 0.2) is 0 Å². The third-order valence-corrected chi connectivity index (χ3v) is 1.16. The lowest BCUT2D eigenvalue weighted by molar-refractivity contribution is 0.0677. The van der Waals surface area contributed by atoms with Crippen molar-refractivity contribution in [3.8, 4) is 11.8 Å². The summed E-state index contributed by atoms with van der Waals surface area (Å²) in [6, 6.07) is 0. The first-order valence-electron chi connectivity index (χ1n) is 2.59. The molecule has 0 aliphatic heterocycles. The molecule has 0 bridgehead atoms. The van der Waals surface area contributed by atoms with Crippen molar-refractivity contribution in [3.63, 3.8) is 0 Å². The van der Waals surface area contributed by atoms with E-state index in [0.717, 1.165) is 0 Å². The zero-order valence-electron chi connectivity index (χ0n) is 5.13. The second-order valence-electron chi connectivity index (χ2n) is 1.64. The van der Waals surface area contributed by atoms with Gasteiger partial charge in [0.25, 0.3) is 0 Å². The Morgan fingerprint density at radius 1 is 1.56 bits per heavy atom. The van der Waals surface area contributed by atoms with E-state index in [1.165, 1.54) is 6.92 Å². The van der Waals surface area contributed by atoms with Crippen LogP contribution in [-0.2, 0) is 0 Å². The number of alkyl halides is 1. The van der Waals surface area contributed by atoms with E-state index in [-0.39, 0.29) is 0 Å². The minimum absolute atomic E-state index is 0.682. The Labute approximate surface area is 68.4 Å². The molecule has 0 saturated heterocycles. The quantitative estimate of drug-likeness (QED) is 0.389. The molecule has 0 amide bonds. The van der Waals surface area contributed by atoms with Crippen molar-refractivity contribution in [2.24, 2.45) is 0 Å². The number of aliphatic hydroxyl groups is 2. The van der Waals surface area contributed by atoms with Crippen LogP contribution in [0, 0.1) is 11.8 Å². The summed E-state index contributed by atoms with van der Waals surface area (Å²) in [4.78, 5) is 0. The molecule has 0 fully saturated rings. The van der Waals surface area contributed by atoms with Gasteiger partial charge in [-0.05, 0) is 6.92 Å². The van der Waals surface area contributed by atoms with Crippen molar-refractivity contribution in [2.75, 3.05) is 4.43 Å². The zero-order chi connectivity index (χ0) is 7.28. The van der Waals surface area contributed by atoms with Gasteiger partial charge < -0.3 is 10.2 Å². The van der Waals surface area contributed by atoms with E-state index in [9.17, 15) is 0 Å². The summed E-state index contributed by atoms with van der Waals surface area (Å²) in [5.74, 6) is 5.14. The Bertz CT molecular complexity index is 123. The number of halogens is 1. The average Bonchev–Trinajstić information content (AvgIpc) is 1.82. The number of hydrogen-bond acceptors (Lipinski definition) is 2. The van der Waals surface area contributed by atoms with Gasteiger partial charge in [-0.3, -0.25) is 0 Å². The van der Waals surface area contributed by atoms with E-state index in [1.807, 2.05) is 0 Å². The first-order valence-corrected chi connectivity index (χ1v) is 4.11. The fraction of sp³-hybridized carbons (Fsp3) is 0.667. The second-order valence-corrected chi connectivity index (χ2v) is 2.40. The summed E-state index contributed by atoms with van der Waals surface area (Å²) in [5, 5.41) is 17.5. The molecular formula is C6H9IO2. The first kappa shape index (κ1) is 9.21. The molecule has 0 rings (SSSR count). The fourth-order valence-electron chi connectivity index (χ4n) is 0.264. The third kappa shape index (κ3) is 4.70. The molecule has 0 radical (unpaired) electrons. The smallest absolute Gasteiger partial charge is 0.140 e. The maximum absolute atomic E-state index is 8.83. The van der Waals surface area contributed by atoms with Gasteiger partial charge in [0.1, 0.15) is 6.10 Å². The minimum atomic E-state index is -0.889. The Hall–Kier alpha value is 0.210. The van der Waals surface area contributed by atoms with Gasteiger partial charge in [0.2, 0.25) is 0 Å². The summed E-state index contributed by atoms with van der Waals surface area (Å²) >= 11 is 2.08. The fourth-order valence-corrected chi connectivity index (χ4v) is 0.484.